The van der Waals surface area contributed by atoms with Crippen molar-refractivity contribution in [2.24, 2.45) is 0 Å². The Morgan fingerprint density at radius 2 is 1.94 bits per heavy atom. The molecule has 2 saturated carbocycles. The SMILES string of the molecule is O=S(=O)(C1CC1)n1cc(-c2nccc(Cc3cc4c(cn3)nc(CO)n4C3CCC(F)(F)C3)n2)cn1. The first-order valence-corrected chi connectivity index (χ1v) is 13.2. The van der Waals surface area contributed by atoms with Crippen molar-refractivity contribution in [1.29, 1.82) is 0 Å². The minimum absolute atomic E-state index is 0.192. The van der Waals surface area contributed by atoms with Gasteiger partial charge >= 0.3 is 0 Å². The first-order valence-electron chi connectivity index (χ1n) is 11.7. The average Bonchev–Trinajstić information content (AvgIpc) is 3.33. The Morgan fingerprint density at radius 1 is 1.11 bits per heavy atom. The number of rotatable bonds is 7. The summed E-state index contributed by atoms with van der Waals surface area (Å²) < 4.78 is 55.4. The zero-order valence-electron chi connectivity index (χ0n) is 19.1. The molecule has 6 rings (SSSR count). The van der Waals surface area contributed by atoms with Gasteiger partial charge in [0.25, 0.3) is 10.0 Å². The van der Waals surface area contributed by atoms with Crippen LogP contribution in [0, 0.1) is 0 Å². The molecule has 4 aromatic rings. The van der Waals surface area contributed by atoms with E-state index in [4.69, 9.17) is 0 Å². The molecular formula is C23H23F2N7O3S. The molecule has 0 spiro atoms. The highest BCUT2D eigenvalue weighted by molar-refractivity contribution is 7.90. The molecule has 0 aliphatic heterocycles. The van der Waals surface area contributed by atoms with Crippen molar-refractivity contribution >= 4 is 21.1 Å². The van der Waals surface area contributed by atoms with E-state index in [2.05, 4.69) is 25.0 Å². The third-order valence-corrected chi connectivity index (χ3v) is 8.72. The van der Waals surface area contributed by atoms with Gasteiger partial charge in [0, 0.05) is 37.2 Å². The molecule has 4 heterocycles. The lowest BCUT2D eigenvalue weighted by Crippen LogP contribution is -2.17. The smallest absolute Gasteiger partial charge is 0.256 e. The fraction of sp³-hybridized carbons (Fsp3) is 0.435. The molecule has 36 heavy (non-hydrogen) atoms. The minimum atomic E-state index is -3.48. The normalized spacial score (nSPS) is 19.8. The van der Waals surface area contributed by atoms with Gasteiger partial charge in [-0.05, 0) is 31.4 Å². The number of aromatic nitrogens is 7. The Bertz CT molecular complexity index is 1560. The van der Waals surface area contributed by atoms with E-state index < -0.39 is 22.0 Å². The van der Waals surface area contributed by atoms with Crippen molar-refractivity contribution in [1.82, 2.24) is 33.7 Å². The summed E-state index contributed by atoms with van der Waals surface area (Å²) >= 11 is 0. The lowest BCUT2D eigenvalue weighted by molar-refractivity contribution is 0.00557. The highest BCUT2D eigenvalue weighted by atomic mass is 32.2. The number of nitrogens with zero attached hydrogens (tertiary/aromatic N) is 7. The second kappa shape index (κ2) is 8.37. The molecule has 0 aromatic carbocycles. The Kier molecular flexibility index (Phi) is 5.37. The first-order chi connectivity index (χ1) is 17.2. The van der Waals surface area contributed by atoms with E-state index in [9.17, 15) is 22.3 Å². The van der Waals surface area contributed by atoms with Crippen molar-refractivity contribution in [2.75, 3.05) is 0 Å². The van der Waals surface area contributed by atoms with Crippen LogP contribution in [0.5, 0.6) is 0 Å². The molecule has 188 valence electrons. The molecular weight excluding hydrogens is 492 g/mol. The zero-order chi connectivity index (χ0) is 25.1. The number of hydrogen-bond donors (Lipinski definition) is 1. The summed E-state index contributed by atoms with van der Waals surface area (Å²) in [5, 5.41) is 13.4. The summed E-state index contributed by atoms with van der Waals surface area (Å²) in [5.41, 5.74) is 2.95. The lowest BCUT2D eigenvalue weighted by Gasteiger charge is -2.16. The maximum absolute atomic E-state index is 13.9. The van der Waals surface area contributed by atoms with Crippen LogP contribution in [0.3, 0.4) is 0 Å². The van der Waals surface area contributed by atoms with Gasteiger partial charge in [-0.2, -0.15) is 9.19 Å². The van der Waals surface area contributed by atoms with E-state index in [1.807, 2.05) is 0 Å². The highest BCUT2D eigenvalue weighted by Gasteiger charge is 2.41. The van der Waals surface area contributed by atoms with Gasteiger partial charge in [-0.15, -0.1) is 0 Å². The van der Waals surface area contributed by atoms with Crippen LogP contribution in [0.15, 0.2) is 36.9 Å². The van der Waals surface area contributed by atoms with Gasteiger partial charge in [0.1, 0.15) is 17.9 Å². The van der Waals surface area contributed by atoms with Gasteiger partial charge in [0.05, 0.1) is 40.6 Å². The Labute approximate surface area is 205 Å². The quantitative estimate of drug-likeness (QED) is 0.398. The molecule has 0 amide bonds. The number of aliphatic hydroxyl groups is 1. The summed E-state index contributed by atoms with van der Waals surface area (Å²) in [6, 6.07) is 3.07. The summed E-state index contributed by atoms with van der Waals surface area (Å²) in [4.78, 5) is 17.6. The monoisotopic (exact) mass is 515 g/mol. The van der Waals surface area contributed by atoms with Crippen LogP contribution in [0.25, 0.3) is 22.4 Å². The third kappa shape index (κ3) is 4.15. The summed E-state index contributed by atoms with van der Waals surface area (Å²) in [5.74, 6) is -2.05. The topological polar surface area (TPSA) is 129 Å². The standard InChI is InChI=1S/C23H23F2N7O3S/c24-23(25)5-3-17(9-23)32-20-8-16(27-11-19(20)30-21(32)13-33)7-15-4-6-26-22(29-15)14-10-28-31(12-14)36(34,35)18-1-2-18/h4,6,8,10-12,17-18,33H,1-3,5,7,9,13H2. The molecule has 0 saturated heterocycles. The van der Waals surface area contributed by atoms with Crippen LogP contribution < -0.4 is 0 Å². The van der Waals surface area contributed by atoms with Gasteiger partial charge in [0.15, 0.2) is 5.82 Å². The fourth-order valence-corrected chi connectivity index (χ4v) is 6.23. The molecule has 0 radical (unpaired) electrons. The molecule has 2 aliphatic rings. The molecule has 1 unspecified atom stereocenters. The van der Waals surface area contributed by atoms with Crippen molar-refractivity contribution in [3.8, 4) is 11.4 Å². The van der Waals surface area contributed by atoms with E-state index in [0.717, 1.165) is 4.09 Å². The Morgan fingerprint density at radius 3 is 2.67 bits per heavy atom. The number of imidazole rings is 1. The maximum Gasteiger partial charge on any atom is 0.256 e. The van der Waals surface area contributed by atoms with Crippen molar-refractivity contribution in [3.63, 3.8) is 0 Å². The van der Waals surface area contributed by atoms with Crippen LogP contribution in [-0.4, -0.2) is 58.4 Å². The molecule has 2 aliphatic carbocycles. The molecule has 13 heteroatoms. The number of halogens is 2. The highest BCUT2D eigenvalue weighted by Crippen LogP contribution is 2.43. The van der Waals surface area contributed by atoms with E-state index in [1.54, 1.807) is 29.1 Å². The van der Waals surface area contributed by atoms with Crippen LogP contribution in [0.2, 0.25) is 0 Å². The number of hydrogen-bond acceptors (Lipinski definition) is 8. The minimum Gasteiger partial charge on any atom is -0.388 e. The largest absolute Gasteiger partial charge is 0.388 e. The summed E-state index contributed by atoms with van der Waals surface area (Å²) in [6.07, 6.45) is 7.44. The predicted octanol–water partition coefficient (Wildman–Crippen LogP) is 2.87. The van der Waals surface area contributed by atoms with Gasteiger partial charge in [-0.25, -0.2) is 32.2 Å². The first kappa shape index (κ1) is 23.1. The number of pyridine rings is 1. The van der Waals surface area contributed by atoms with E-state index in [1.165, 1.54) is 12.4 Å². The molecule has 1 N–H and O–H groups in total. The van der Waals surface area contributed by atoms with Crippen LogP contribution in [0.4, 0.5) is 8.78 Å². The third-order valence-electron chi connectivity index (χ3n) is 6.69. The van der Waals surface area contributed by atoms with E-state index in [-0.39, 0.29) is 24.7 Å². The van der Waals surface area contributed by atoms with Crippen LogP contribution in [-0.2, 0) is 23.1 Å². The van der Waals surface area contributed by atoms with Gasteiger partial charge in [0.2, 0.25) is 5.92 Å². The van der Waals surface area contributed by atoms with Gasteiger partial charge < -0.3 is 9.67 Å². The number of alkyl halides is 2. The van der Waals surface area contributed by atoms with Crippen molar-refractivity contribution < 1.29 is 22.3 Å². The number of fused-ring (bicyclic) bond motifs is 1. The molecule has 4 aromatic heterocycles. The van der Waals surface area contributed by atoms with E-state index in [0.29, 0.717) is 65.3 Å². The van der Waals surface area contributed by atoms with Crippen molar-refractivity contribution in [3.05, 3.63) is 54.1 Å². The molecule has 10 nitrogen and oxygen atoms in total. The predicted molar refractivity (Wildman–Crippen MR) is 125 cm³/mol. The molecule has 2 fully saturated rings. The fourth-order valence-electron chi connectivity index (χ4n) is 4.75. The molecule has 0 bridgehead atoms. The van der Waals surface area contributed by atoms with Crippen LogP contribution >= 0.6 is 0 Å². The zero-order valence-corrected chi connectivity index (χ0v) is 19.9. The van der Waals surface area contributed by atoms with Crippen molar-refractivity contribution in [2.45, 2.75) is 62.3 Å². The number of aliphatic hydroxyl groups excluding tert-OH is 1. The Hall–Kier alpha value is -3.32. The summed E-state index contributed by atoms with van der Waals surface area (Å²) in [6.45, 7) is -0.356. The second-order valence-electron chi connectivity index (χ2n) is 9.37. The second-order valence-corrected chi connectivity index (χ2v) is 11.4. The Balaban J connectivity index is 1.29. The maximum atomic E-state index is 13.9. The summed E-state index contributed by atoms with van der Waals surface area (Å²) in [7, 11) is -3.48. The van der Waals surface area contributed by atoms with Crippen LogP contribution in [0.1, 0.15) is 55.4 Å². The van der Waals surface area contributed by atoms with Gasteiger partial charge in [-0.1, -0.05) is 0 Å². The molecule has 1 atom stereocenters. The van der Waals surface area contributed by atoms with E-state index >= 15 is 0 Å². The van der Waals surface area contributed by atoms with Gasteiger partial charge in [-0.3, -0.25) is 4.98 Å². The average molecular weight is 516 g/mol. The lowest BCUT2D eigenvalue weighted by atomic mass is 10.2.